The maximum Gasteiger partial charge on any atom is 0.274 e. The van der Waals surface area contributed by atoms with E-state index in [-0.39, 0.29) is 5.91 Å². The number of carbonyl (C=O) groups excluding carboxylic acids is 1. The molecule has 1 atom stereocenters. The summed E-state index contributed by atoms with van der Waals surface area (Å²) in [6.45, 7) is 4.69. The largest absolute Gasteiger partial charge is 0.373 e. The van der Waals surface area contributed by atoms with Crippen molar-refractivity contribution < 1.29 is 4.79 Å². The Hall–Kier alpha value is -2.02. The molecular weight excluding hydrogens is 298 g/mol. The van der Waals surface area contributed by atoms with Gasteiger partial charge >= 0.3 is 0 Å². The number of nitrogens with zero attached hydrogens (tertiary/aromatic N) is 4. The lowest BCUT2D eigenvalue weighted by molar-refractivity contribution is 0.0598. The fourth-order valence-corrected chi connectivity index (χ4v) is 3.44. The lowest BCUT2D eigenvalue weighted by Gasteiger charge is -2.33. The second-order valence-electron chi connectivity index (χ2n) is 5.68. The van der Waals surface area contributed by atoms with Crippen molar-refractivity contribution in [3.8, 4) is 0 Å². The van der Waals surface area contributed by atoms with Gasteiger partial charge in [-0.3, -0.25) is 4.79 Å². The van der Waals surface area contributed by atoms with Crippen LogP contribution in [-0.2, 0) is 5.54 Å². The van der Waals surface area contributed by atoms with E-state index in [2.05, 4.69) is 20.3 Å². The van der Waals surface area contributed by atoms with E-state index in [1.807, 2.05) is 31.9 Å². The van der Waals surface area contributed by atoms with Gasteiger partial charge in [0.25, 0.3) is 5.91 Å². The third-order valence-corrected chi connectivity index (χ3v) is 4.72. The average Bonchev–Trinajstić information content (AvgIpc) is 3.16. The molecule has 1 unspecified atom stereocenters. The molecule has 0 bridgehead atoms. The van der Waals surface area contributed by atoms with Gasteiger partial charge in [-0.25, -0.2) is 15.0 Å². The van der Waals surface area contributed by atoms with Crippen LogP contribution in [0.4, 0.5) is 5.82 Å². The number of aromatic nitrogens is 3. The van der Waals surface area contributed by atoms with Gasteiger partial charge in [0, 0.05) is 30.7 Å². The Morgan fingerprint density at radius 3 is 2.95 bits per heavy atom. The minimum atomic E-state index is -0.488. The Kier molecular flexibility index (Phi) is 3.82. The Balaban J connectivity index is 2.00. The SMILES string of the molecule is CNc1cc(C)nc(C2(C)CCCN2C(=O)c2cscn2)n1. The van der Waals surface area contributed by atoms with E-state index < -0.39 is 5.54 Å². The zero-order valence-electron chi connectivity index (χ0n) is 13.0. The summed E-state index contributed by atoms with van der Waals surface area (Å²) in [7, 11) is 1.83. The van der Waals surface area contributed by atoms with Gasteiger partial charge in [0.1, 0.15) is 17.1 Å². The highest BCUT2D eigenvalue weighted by Crippen LogP contribution is 2.38. The van der Waals surface area contributed by atoms with Crippen molar-refractivity contribution in [1.29, 1.82) is 0 Å². The van der Waals surface area contributed by atoms with Crippen molar-refractivity contribution in [3.63, 3.8) is 0 Å². The molecule has 0 aromatic carbocycles. The number of anilines is 1. The highest BCUT2D eigenvalue weighted by atomic mass is 32.1. The first-order chi connectivity index (χ1) is 10.5. The number of aryl methyl sites for hydroxylation is 1. The molecule has 3 heterocycles. The van der Waals surface area contributed by atoms with E-state index in [0.717, 1.165) is 24.4 Å². The third kappa shape index (κ3) is 2.45. The van der Waals surface area contributed by atoms with Crippen LogP contribution in [0.25, 0.3) is 0 Å². The van der Waals surface area contributed by atoms with E-state index >= 15 is 0 Å². The maximum absolute atomic E-state index is 12.7. The van der Waals surface area contributed by atoms with Gasteiger partial charge in [-0.15, -0.1) is 11.3 Å². The van der Waals surface area contributed by atoms with Crippen LogP contribution in [0.15, 0.2) is 17.0 Å². The van der Waals surface area contributed by atoms with E-state index in [9.17, 15) is 4.79 Å². The molecule has 0 spiro atoms. The van der Waals surface area contributed by atoms with Crippen molar-refractivity contribution in [2.24, 2.45) is 0 Å². The van der Waals surface area contributed by atoms with Crippen LogP contribution in [0.5, 0.6) is 0 Å². The predicted molar refractivity (Wildman–Crippen MR) is 86.1 cm³/mol. The molecule has 0 aliphatic carbocycles. The molecule has 0 radical (unpaired) electrons. The molecule has 3 rings (SSSR count). The number of hydrogen-bond acceptors (Lipinski definition) is 6. The second-order valence-corrected chi connectivity index (χ2v) is 6.39. The summed E-state index contributed by atoms with van der Waals surface area (Å²) in [4.78, 5) is 27.9. The topological polar surface area (TPSA) is 71.0 Å². The summed E-state index contributed by atoms with van der Waals surface area (Å²) >= 11 is 1.43. The first kappa shape index (κ1) is 14.9. The fraction of sp³-hybridized carbons (Fsp3) is 0.467. The Bertz CT molecular complexity index is 687. The van der Waals surface area contributed by atoms with Crippen molar-refractivity contribution in [1.82, 2.24) is 19.9 Å². The molecule has 2 aromatic heterocycles. The van der Waals surface area contributed by atoms with Gasteiger partial charge < -0.3 is 10.2 Å². The van der Waals surface area contributed by atoms with Crippen molar-refractivity contribution >= 4 is 23.1 Å². The van der Waals surface area contributed by atoms with Gasteiger partial charge in [0.15, 0.2) is 5.82 Å². The van der Waals surface area contributed by atoms with Gasteiger partial charge in [0.2, 0.25) is 0 Å². The zero-order chi connectivity index (χ0) is 15.7. The number of carbonyl (C=O) groups is 1. The molecule has 6 nitrogen and oxygen atoms in total. The molecule has 2 aromatic rings. The van der Waals surface area contributed by atoms with Gasteiger partial charge in [0.05, 0.1) is 5.51 Å². The summed E-state index contributed by atoms with van der Waals surface area (Å²) in [6, 6.07) is 1.90. The van der Waals surface area contributed by atoms with Crippen molar-refractivity contribution in [2.75, 3.05) is 18.9 Å². The van der Waals surface area contributed by atoms with Crippen LogP contribution in [0.2, 0.25) is 0 Å². The van der Waals surface area contributed by atoms with Crippen LogP contribution in [0, 0.1) is 6.92 Å². The number of thiazole rings is 1. The standard InChI is InChI=1S/C15H19N5OS/c1-10-7-12(16-3)19-14(18-10)15(2)5-4-6-20(15)13(21)11-8-22-9-17-11/h7-9H,4-6H2,1-3H3,(H,16,18,19). The minimum absolute atomic E-state index is 0.0441. The van der Waals surface area contributed by atoms with Crippen molar-refractivity contribution in [2.45, 2.75) is 32.2 Å². The summed E-state index contributed by atoms with van der Waals surface area (Å²) in [5, 5.41) is 4.84. The molecule has 0 saturated carbocycles. The van der Waals surface area contributed by atoms with Gasteiger partial charge in [-0.2, -0.15) is 0 Å². The van der Waals surface area contributed by atoms with Crippen LogP contribution in [0.3, 0.4) is 0 Å². The quantitative estimate of drug-likeness (QED) is 0.941. The van der Waals surface area contributed by atoms with Gasteiger partial charge in [-0.05, 0) is 26.7 Å². The summed E-state index contributed by atoms with van der Waals surface area (Å²) in [6.07, 6.45) is 1.80. The normalized spacial score (nSPS) is 21.1. The second kappa shape index (κ2) is 5.64. The molecule has 1 aliphatic heterocycles. The average molecular weight is 317 g/mol. The zero-order valence-corrected chi connectivity index (χ0v) is 13.8. The van der Waals surface area contributed by atoms with E-state index in [0.29, 0.717) is 18.1 Å². The summed E-state index contributed by atoms with van der Waals surface area (Å²) < 4.78 is 0. The molecule has 116 valence electrons. The number of amides is 1. The van der Waals surface area contributed by atoms with E-state index in [1.165, 1.54) is 11.3 Å². The molecule has 1 saturated heterocycles. The minimum Gasteiger partial charge on any atom is -0.373 e. The molecule has 22 heavy (non-hydrogen) atoms. The van der Waals surface area contributed by atoms with E-state index in [1.54, 1.807) is 10.9 Å². The van der Waals surface area contributed by atoms with Crippen LogP contribution in [0.1, 0.15) is 41.8 Å². The van der Waals surface area contributed by atoms with Gasteiger partial charge in [-0.1, -0.05) is 0 Å². The maximum atomic E-state index is 12.7. The molecule has 1 aliphatic rings. The number of nitrogens with one attached hydrogen (secondary N) is 1. The van der Waals surface area contributed by atoms with Crippen LogP contribution >= 0.6 is 11.3 Å². The monoisotopic (exact) mass is 317 g/mol. The Labute approximate surface area is 133 Å². The molecule has 1 N–H and O–H groups in total. The van der Waals surface area contributed by atoms with Crippen LogP contribution < -0.4 is 5.32 Å². The highest BCUT2D eigenvalue weighted by molar-refractivity contribution is 7.07. The Morgan fingerprint density at radius 1 is 1.45 bits per heavy atom. The Morgan fingerprint density at radius 2 is 2.27 bits per heavy atom. The molecular formula is C15H19N5OS. The number of likely N-dealkylation sites (tertiary alicyclic amines) is 1. The molecule has 1 fully saturated rings. The van der Waals surface area contributed by atoms with E-state index in [4.69, 9.17) is 0 Å². The third-order valence-electron chi connectivity index (χ3n) is 4.13. The lowest BCUT2D eigenvalue weighted by atomic mass is 9.97. The number of rotatable bonds is 3. The van der Waals surface area contributed by atoms with Crippen molar-refractivity contribution in [3.05, 3.63) is 34.2 Å². The smallest absolute Gasteiger partial charge is 0.274 e. The fourth-order valence-electron chi connectivity index (χ4n) is 2.92. The molecule has 7 heteroatoms. The lowest BCUT2D eigenvalue weighted by Crippen LogP contribution is -2.44. The predicted octanol–water partition coefficient (Wildman–Crippen LogP) is 2.43. The first-order valence-electron chi connectivity index (χ1n) is 7.28. The highest BCUT2D eigenvalue weighted by Gasteiger charge is 2.44. The molecule has 1 amide bonds. The van der Waals surface area contributed by atoms with Crippen LogP contribution in [-0.4, -0.2) is 39.4 Å². The summed E-state index contributed by atoms with van der Waals surface area (Å²) in [5.41, 5.74) is 2.59. The summed E-state index contributed by atoms with van der Waals surface area (Å²) in [5.74, 6) is 1.42. The number of hydrogen-bond donors (Lipinski definition) is 1. The first-order valence-corrected chi connectivity index (χ1v) is 8.23.